The molecule has 4 aromatic rings. The van der Waals surface area contributed by atoms with Crippen molar-refractivity contribution in [3.05, 3.63) is 87.7 Å². The summed E-state index contributed by atoms with van der Waals surface area (Å²) in [6.45, 7) is 1.40. The van der Waals surface area contributed by atoms with Gasteiger partial charge >= 0.3 is 0 Å². The summed E-state index contributed by atoms with van der Waals surface area (Å²) < 4.78 is 8.04. The Hall–Kier alpha value is -3.53. The molecule has 0 aliphatic carbocycles. The van der Waals surface area contributed by atoms with Gasteiger partial charge in [-0.15, -0.1) is 0 Å². The van der Waals surface area contributed by atoms with Crippen molar-refractivity contribution < 1.29 is 9.53 Å². The topological polar surface area (TPSA) is 71.2 Å². The first-order valence-corrected chi connectivity index (χ1v) is 11.6. The summed E-state index contributed by atoms with van der Waals surface area (Å²) in [5.74, 6) is 1.52. The number of imidazole rings is 1. The van der Waals surface area contributed by atoms with E-state index < -0.39 is 0 Å². The number of ether oxygens (including phenoxy) is 1. The number of hydrogen-bond donors (Lipinski definition) is 0. The van der Waals surface area contributed by atoms with Crippen LogP contribution in [-0.4, -0.2) is 22.0 Å². The van der Waals surface area contributed by atoms with Crippen molar-refractivity contribution in [3.63, 3.8) is 0 Å². The molecular weight excluding hydrogens is 471 g/mol. The number of nitriles is 1. The zero-order valence-corrected chi connectivity index (χ0v) is 19.7. The van der Waals surface area contributed by atoms with E-state index in [4.69, 9.17) is 32.9 Å². The number of anilines is 1. The molecule has 0 spiro atoms. The second-order valence-electron chi connectivity index (χ2n) is 8.10. The fourth-order valence-corrected chi connectivity index (χ4v) is 4.53. The van der Waals surface area contributed by atoms with Crippen LogP contribution < -0.4 is 9.64 Å². The molecule has 5 rings (SSSR count). The van der Waals surface area contributed by atoms with Gasteiger partial charge in [-0.25, -0.2) is 4.98 Å². The van der Waals surface area contributed by atoms with Crippen LogP contribution in [0.25, 0.3) is 11.0 Å². The van der Waals surface area contributed by atoms with Crippen molar-refractivity contribution in [3.8, 4) is 11.8 Å². The lowest BCUT2D eigenvalue weighted by molar-refractivity contribution is -0.117. The first-order chi connectivity index (χ1) is 16.5. The highest BCUT2D eigenvalue weighted by atomic mass is 35.5. The van der Waals surface area contributed by atoms with E-state index in [9.17, 15) is 10.1 Å². The maximum absolute atomic E-state index is 12.0. The number of carbonyl (C=O) groups is 1. The highest BCUT2D eigenvalue weighted by molar-refractivity contribution is 6.33. The van der Waals surface area contributed by atoms with Gasteiger partial charge in [0.1, 0.15) is 18.2 Å². The number of aromatic nitrogens is 2. The number of carbonyl (C=O) groups excluding carboxylic acids is 1. The average Bonchev–Trinajstić information content (AvgIpc) is 3.43. The fraction of sp³-hybridized carbons (Fsp3) is 0.192. The minimum absolute atomic E-state index is 0.152. The quantitative estimate of drug-likeness (QED) is 0.333. The third-order valence-electron chi connectivity index (χ3n) is 5.88. The van der Waals surface area contributed by atoms with Crippen molar-refractivity contribution in [2.45, 2.75) is 26.0 Å². The fourth-order valence-electron chi connectivity index (χ4n) is 4.15. The summed E-state index contributed by atoms with van der Waals surface area (Å²) in [6, 6.07) is 20.4. The van der Waals surface area contributed by atoms with E-state index in [1.165, 1.54) is 0 Å². The molecule has 1 saturated heterocycles. The van der Waals surface area contributed by atoms with Gasteiger partial charge in [-0.1, -0.05) is 23.2 Å². The molecule has 0 bridgehead atoms. The zero-order chi connectivity index (χ0) is 23.7. The van der Waals surface area contributed by atoms with Crippen LogP contribution in [0, 0.1) is 11.3 Å². The molecule has 1 aromatic heterocycles. The smallest absolute Gasteiger partial charge is 0.227 e. The Bertz CT molecular complexity index is 1420. The van der Waals surface area contributed by atoms with Crippen LogP contribution in [0.4, 0.5) is 5.69 Å². The van der Waals surface area contributed by atoms with Gasteiger partial charge in [-0.2, -0.15) is 5.26 Å². The Balaban J connectivity index is 1.43. The molecular formula is C26H20Cl2N4O2. The molecule has 34 heavy (non-hydrogen) atoms. The van der Waals surface area contributed by atoms with Crippen LogP contribution in [0.3, 0.4) is 0 Å². The molecule has 0 unspecified atom stereocenters. The number of rotatable bonds is 6. The highest BCUT2D eigenvalue weighted by Crippen LogP contribution is 2.27. The minimum atomic E-state index is 0.152. The number of fused-ring (bicyclic) bond motifs is 1. The SMILES string of the molecule is N#Cc1ccc2nc(COc3ccc(N4CCCC4=O)cc3)n(Cc3cc(Cl)ccc3Cl)c2c1. The summed E-state index contributed by atoms with van der Waals surface area (Å²) in [5, 5.41) is 10.6. The van der Waals surface area contributed by atoms with Gasteiger partial charge in [0.25, 0.3) is 0 Å². The molecule has 1 aliphatic heterocycles. The number of nitrogens with zero attached hydrogens (tertiary/aromatic N) is 4. The summed E-state index contributed by atoms with van der Waals surface area (Å²) in [4.78, 5) is 18.5. The lowest BCUT2D eigenvalue weighted by Gasteiger charge is -2.16. The maximum Gasteiger partial charge on any atom is 0.227 e. The van der Waals surface area contributed by atoms with Gasteiger partial charge in [0.15, 0.2) is 0 Å². The first-order valence-electron chi connectivity index (χ1n) is 10.9. The molecule has 170 valence electrons. The predicted molar refractivity (Wildman–Crippen MR) is 132 cm³/mol. The van der Waals surface area contributed by atoms with E-state index in [0.717, 1.165) is 35.2 Å². The lowest BCUT2D eigenvalue weighted by Crippen LogP contribution is -2.23. The molecule has 1 aliphatic rings. The minimum Gasteiger partial charge on any atom is -0.486 e. The van der Waals surface area contributed by atoms with Crippen molar-refractivity contribution in [2.24, 2.45) is 0 Å². The van der Waals surface area contributed by atoms with Crippen molar-refractivity contribution in [2.75, 3.05) is 11.4 Å². The van der Waals surface area contributed by atoms with Crippen LogP contribution in [0.5, 0.6) is 5.75 Å². The molecule has 0 atom stereocenters. The second kappa shape index (κ2) is 9.38. The van der Waals surface area contributed by atoms with E-state index in [-0.39, 0.29) is 12.5 Å². The van der Waals surface area contributed by atoms with Gasteiger partial charge in [0, 0.05) is 28.7 Å². The summed E-state index contributed by atoms with van der Waals surface area (Å²) in [5.41, 5.74) is 3.85. The van der Waals surface area contributed by atoms with Crippen LogP contribution in [0.2, 0.25) is 10.0 Å². The van der Waals surface area contributed by atoms with E-state index >= 15 is 0 Å². The van der Waals surface area contributed by atoms with Crippen LogP contribution in [0.1, 0.15) is 29.8 Å². The molecule has 0 saturated carbocycles. The Morgan fingerprint density at radius 1 is 1.06 bits per heavy atom. The van der Waals surface area contributed by atoms with Gasteiger partial charge in [-0.3, -0.25) is 4.79 Å². The van der Waals surface area contributed by atoms with Crippen LogP contribution in [0.15, 0.2) is 60.7 Å². The van der Waals surface area contributed by atoms with E-state index in [0.29, 0.717) is 40.1 Å². The number of halogens is 2. The maximum atomic E-state index is 12.0. The summed E-state index contributed by atoms with van der Waals surface area (Å²) >= 11 is 12.6. The molecule has 6 nitrogen and oxygen atoms in total. The van der Waals surface area contributed by atoms with E-state index in [2.05, 4.69) is 6.07 Å². The van der Waals surface area contributed by atoms with Gasteiger partial charge < -0.3 is 14.2 Å². The van der Waals surface area contributed by atoms with E-state index in [1.54, 1.807) is 23.1 Å². The second-order valence-corrected chi connectivity index (χ2v) is 8.94. The van der Waals surface area contributed by atoms with Crippen molar-refractivity contribution in [1.29, 1.82) is 5.26 Å². The number of benzene rings is 3. The van der Waals surface area contributed by atoms with E-state index in [1.807, 2.05) is 47.0 Å². The molecule has 2 heterocycles. The third kappa shape index (κ3) is 4.45. The first kappa shape index (κ1) is 22.3. The molecule has 3 aromatic carbocycles. The standard InChI is InChI=1S/C26H20Cl2N4O2/c27-19-4-9-22(28)18(13-19)15-32-24-12-17(14-29)3-10-23(24)30-25(32)16-34-21-7-5-20(6-8-21)31-11-1-2-26(31)33/h3-10,12-13H,1-2,11,15-16H2. The van der Waals surface area contributed by atoms with Crippen LogP contribution >= 0.6 is 23.2 Å². The Morgan fingerprint density at radius 2 is 1.88 bits per heavy atom. The average molecular weight is 491 g/mol. The molecule has 1 amide bonds. The Labute approximate surface area is 206 Å². The lowest BCUT2D eigenvalue weighted by atomic mass is 10.2. The highest BCUT2D eigenvalue weighted by Gasteiger charge is 2.21. The van der Waals surface area contributed by atoms with Gasteiger partial charge in [-0.05, 0) is 72.6 Å². The normalized spacial score (nSPS) is 13.4. The number of hydrogen-bond acceptors (Lipinski definition) is 4. The van der Waals surface area contributed by atoms with Gasteiger partial charge in [0.05, 0.1) is 29.2 Å². The Kier molecular flexibility index (Phi) is 6.14. The molecule has 1 fully saturated rings. The van der Waals surface area contributed by atoms with Crippen molar-refractivity contribution >= 4 is 45.8 Å². The summed E-state index contributed by atoms with van der Waals surface area (Å²) in [6.07, 6.45) is 1.48. The largest absolute Gasteiger partial charge is 0.486 e. The van der Waals surface area contributed by atoms with Gasteiger partial charge in [0.2, 0.25) is 5.91 Å². The van der Waals surface area contributed by atoms with Crippen LogP contribution in [-0.2, 0) is 17.9 Å². The third-order valence-corrected chi connectivity index (χ3v) is 6.49. The zero-order valence-electron chi connectivity index (χ0n) is 18.2. The van der Waals surface area contributed by atoms with Crippen molar-refractivity contribution in [1.82, 2.24) is 9.55 Å². The monoisotopic (exact) mass is 490 g/mol. The summed E-state index contributed by atoms with van der Waals surface area (Å²) in [7, 11) is 0. The molecule has 0 N–H and O–H groups in total. The Morgan fingerprint density at radius 3 is 2.62 bits per heavy atom. The molecule has 0 radical (unpaired) electrons. The molecule has 8 heteroatoms. The number of amides is 1. The predicted octanol–water partition coefficient (Wildman–Crippen LogP) is 5.97.